The van der Waals surface area contributed by atoms with Crippen LogP contribution in [0.4, 0.5) is 0 Å². The summed E-state index contributed by atoms with van der Waals surface area (Å²) in [7, 11) is 1.49. The van der Waals surface area contributed by atoms with Crippen LogP contribution in [0.3, 0.4) is 0 Å². The van der Waals surface area contributed by atoms with Gasteiger partial charge >= 0.3 is 0 Å². The summed E-state index contributed by atoms with van der Waals surface area (Å²) in [6, 6.07) is 9.74. The van der Waals surface area contributed by atoms with Gasteiger partial charge in [0.05, 0.1) is 7.11 Å². The Morgan fingerprint density at radius 1 is 1.43 bits per heavy atom. The molecule has 1 rings (SSSR count). The highest BCUT2D eigenvalue weighted by Crippen LogP contribution is 2.06. The van der Waals surface area contributed by atoms with Gasteiger partial charge in [-0.2, -0.15) is 0 Å². The molecule has 1 atom stereocenters. The first kappa shape index (κ1) is 10.5. The number of rotatable bonds is 4. The van der Waals surface area contributed by atoms with E-state index >= 15 is 0 Å². The fourth-order valence-corrected chi connectivity index (χ4v) is 0.994. The molecule has 0 aliphatic carbocycles. The minimum Gasteiger partial charge on any atom is -0.499 e. The molecule has 1 unspecified atom stereocenters. The number of hydrogen-bond acceptors (Lipinski definition) is 2. The van der Waals surface area contributed by atoms with Crippen LogP contribution in [0, 0.1) is 0 Å². The summed E-state index contributed by atoms with van der Waals surface area (Å²) in [4.78, 5) is 0. The lowest BCUT2D eigenvalue weighted by Gasteiger charge is -2.07. The Hall–Kier alpha value is -1.54. The molecular weight excluding hydrogens is 176 g/mol. The summed E-state index contributed by atoms with van der Waals surface area (Å²) in [6.07, 6.45) is 2.72. The molecule has 74 valence electrons. The van der Waals surface area contributed by atoms with Gasteiger partial charge in [0.2, 0.25) is 0 Å². The number of hydrogen-bond donors (Lipinski definition) is 1. The van der Waals surface area contributed by atoms with Crippen LogP contribution in [0.5, 0.6) is 0 Å². The van der Waals surface area contributed by atoms with Gasteiger partial charge in [0.15, 0.2) is 0 Å². The summed E-state index contributed by atoms with van der Waals surface area (Å²) in [5.74, 6) is 0.345. The van der Waals surface area contributed by atoms with Crippen molar-refractivity contribution in [2.24, 2.45) is 0 Å². The van der Waals surface area contributed by atoms with Crippen molar-refractivity contribution in [1.29, 1.82) is 0 Å². The smallest absolute Gasteiger partial charge is 0.129 e. The predicted octanol–water partition coefficient (Wildman–Crippen LogP) is 2.22. The Morgan fingerprint density at radius 3 is 2.64 bits per heavy atom. The average molecular weight is 190 g/mol. The van der Waals surface area contributed by atoms with Crippen molar-refractivity contribution in [3.05, 3.63) is 54.3 Å². The zero-order valence-corrected chi connectivity index (χ0v) is 8.18. The average Bonchev–Trinajstić information content (AvgIpc) is 2.26. The Labute approximate surface area is 84.1 Å². The van der Waals surface area contributed by atoms with E-state index in [9.17, 15) is 5.11 Å². The molecular formula is C12H14O2. The molecule has 0 aliphatic heterocycles. The van der Waals surface area contributed by atoms with Gasteiger partial charge in [-0.25, -0.2) is 0 Å². The fraction of sp³-hybridized carbons (Fsp3) is 0.167. The van der Waals surface area contributed by atoms with E-state index in [1.807, 2.05) is 36.4 Å². The molecule has 0 spiro atoms. The van der Waals surface area contributed by atoms with E-state index in [4.69, 9.17) is 4.74 Å². The Bertz CT molecular complexity index is 314. The van der Waals surface area contributed by atoms with Crippen LogP contribution >= 0.6 is 0 Å². The zero-order valence-electron chi connectivity index (χ0n) is 8.18. The molecule has 1 aromatic rings. The quantitative estimate of drug-likeness (QED) is 0.738. The van der Waals surface area contributed by atoms with Gasteiger partial charge in [-0.3, -0.25) is 0 Å². The minimum absolute atomic E-state index is 0.345. The van der Waals surface area contributed by atoms with Crippen LogP contribution in [0.15, 0.2) is 48.7 Å². The van der Waals surface area contributed by atoms with Crippen LogP contribution in [0.2, 0.25) is 0 Å². The van der Waals surface area contributed by atoms with Gasteiger partial charge in [-0.05, 0) is 11.6 Å². The molecule has 1 aromatic carbocycles. The Balaban J connectivity index is 2.60. The standard InChI is InChI=1S/C12H14O2/c1-10(14-2)12(13)9-8-11-6-4-3-5-7-11/h3-9,12-13H,1H2,2H3. The van der Waals surface area contributed by atoms with Crippen molar-refractivity contribution in [2.45, 2.75) is 6.10 Å². The normalized spacial score (nSPS) is 12.7. The number of benzene rings is 1. The van der Waals surface area contributed by atoms with Crippen molar-refractivity contribution in [1.82, 2.24) is 0 Å². The molecule has 0 bridgehead atoms. The summed E-state index contributed by atoms with van der Waals surface area (Å²) >= 11 is 0. The van der Waals surface area contributed by atoms with Gasteiger partial charge in [0.1, 0.15) is 11.9 Å². The molecule has 0 radical (unpaired) electrons. The summed E-state index contributed by atoms with van der Waals surface area (Å²) < 4.78 is 4.80. The van der Waals surface area contributed by atoms with Gasteiger partial charge < -0.3 is 9.84 Å². The Kier molecular flexibility index (Phi) is 3.95. The van der Waals surface area contributed by atoms with Gasteiger partial charge in [-0.1, -0.05) is 43.0 Å². The molecule has 2 heteroatoms. The van der Waals surface area contributed by atoms with Crippen LogP contribution in [-0.4, -0.2) is 18.3 Å². The van der Waals surface area contributed by atoms with E-state index in [1.54, 1.807) is 6.08 Å². The first-order valence-electron chi connectivity index (χ1n) is 4.38. The molecule has 0 saturated heterocycles. The fourth-order valence-electron chi connectivity index (χ4n) is 0.994. The second-order valence-corrected chi connectivity index (χ2v) is 2.89. The molecule has 0 saturated carbocycles. The molecule has 0 amide bonds. The largest absolute Gasteiger partial charge is 0.499 e. The molecule has 0 aliphatic rings. The van der Waals surface area contributed by atoms with E-state index in [2.05, 4.69) is 6.58 Å². The van der Waals surface area contributed by atoms with E-state index < -0.39 is 6.10 Å². The third-order valence-electron chi connectivity index (χ3n) is 1.86. The van der Waals surface area contributed by atoms with Crippen molar-refractivity contribution in [3.63, 3.8) is 0 Å². The maximum atomic E-state index is 9.47. The van der Waals surface area contributed by atoms with Gasteiger partial charge in [-0.15, -0.1) is 0 Å². The molecule has 0 heterocycles. The number of aliphatic hydroxyl groups excluding tert-OH is 1. The highest BCUT2D eigenvalue weighted by molar-refractivity contribution is 5.49. The molecule has 1 N–H and O–H groups in total. The molecule has 0 aromatic heterocycles. The number of aliphatic hydroxyl groups is 1. The molecule has 0 fully saturated rings. The third-order valence-corrected chi connectivity index (χ3v) is 1.86. The lowest BCUT2D eigenvalue weighted by molar-refractivity contribution is 0.163. The molecule has 14 heavy (non-hydrogen) atoms. The van der Waals surface area contributed by atoms with Crippen LogP contribution in [0.1, 0.15) is 5.56 Å². The lowest BCUT2D eigenvalue weighted by atomic mass is 10.2. The van der Waals surface area contributed by atoms with E-state index in [0.29, 0.717) is 5.76 Å². The second-order valence-electron chi connectivity index (χ2n) is 2.89. The zero-order chi connectivity index (χ0) is 10.4. The van der Waals surface area contributed by atoms with E-state index in [0.717, 1.165) is 5.56 Å². The number of methoxy groups -OCH3 is 1. The molecule has 2 nitrogen and oxygen atoms in total. The predicted molar refractivity (Wildman–Crippen MR) is 57.6 cm³/mol. The van der Waals surface area contributed by atoms with Crippen LogP contribution in [0.25, 0.3) is 6.08 Å². The second kappa shape index (κ2) is 5.25. The van der Waals surface area contributed by atoms with Crippen molar-refractivity contribution < 1.29 is 9.84 Å². The van der Waals surface area contributed by atoms with Crippen molar-refractivity contribution >= 4 is 6.08 Å². The third kappa shape index (κ3) is 3.07. The van der Waals surface area contributed by atoms with Gasteiger partial charge in [0.25, 0.3) is 0 Å². The van der Waals surface area contributed by atoms with E-state index in [1.165, 1.54) is 7.11 Å². The maximum Gasteiger partial charge on any atom is 0.129 e. The monoisotopic (exact) mass is 190 g/mol. The van der Waals surface area contributed by atoms with E-state index in [-0.39, 0.29) is 0 Å². The van der Waals surface area contributed by atoms with Crippen molar-refractivity contribution in [3.8, 4) is 0 Å². The minimum atomic E-state index is -0.750. The summed E-state index contributed by atoms with van der Waals surface area (Å²) in [6.45, 7) is 3.56. The van der Waals surface area contributed by atoms with Gasteiger partial charge in [0, 0.05) is 0 Å². The van der Waals surface area contributed by atoms with Crippen LogP contribution < -0.4 is 0 Å². The highest BCUT2D eigenvalue weighted by atomic mass is 16.5. The first-order valence-corrected chi connectivity index (χ1v) is 4.38. The maximum absolute atomic E-state index is 9.47. The summed E-state index contributed by atoms with van der Waals surface area (Å²) in [5, 5.41) is 9.47. The SMILES string of the molecule is C=C(OC)C(O)C=Cc1ccccc1. The van der Waals surface area contributed by atoms with Crippen LogP contribution in [-0.2, 0) is 4.74 Å². The lowest BCUT2D eigenvalue weighted by Crippen LogP contribution is -2.06. The first-order chi connectivity index (χ1) is 6.74. The number of ether oxygens (including phenoxy) is 1. The Morgan fingerprint density at radius 2 is 2.07 bits per heavy atom. The topological polar surface area (TPSA) is 29.5 Å². The summed E-state index contributed by atoms with van der Waals surface area (Å²) in [5.41, 5.74) is 1.04. The van der Waals surface area contributed by atoms with Crippen molar-refractivity contribution in [2.75, 3.05) is 7.11 Å². The highest BCUT2D eigenvalue weighted by Gasteiger charge is 2.02.